The van der Waals surface area contributed by atoms with Crippen molar-refractivity contribution in [3.63, 3.8) is 0 Å². The van der Waals surface area contributed by atoms with Gasteiger partial charge in [-0.2, -0.15) is 0 Å². The third kappa shape index (κ3) is 5.49. The van der Waals surface area contributed by atoms with Gasteiger partial charge in [0.1, 0.15) is 42.5 Å². The third-order valence-corrected chi connectivity index (χ3v) is 10.2. The van der Waals surface area contributed by atoms with E-state index in [2.05, 4.69) is 10.1 Å². The molecule has 2 atom stereocenters. The van der Waals surface area contributed by atoms with Crippen LogP contribution in [0.1, 0.15) is 19.0 Å². The normalized spacial score (nSPS) is 15.8. The maximum Gasteiger partial charge on any atom is 0.330 e. The minimum atomic E-state index is -1.30. The van der Waals surface area contributed by atoms with Crippen LogP contribution < -0.4 is 37.3 Å². The molecule has 2 amide bonds. The molecule has 6 aromatic rings. The first-order valence-electron chi connectivity index (χ1n) is 17.1. The summed E-state index contributed by atoms with van der Waals surface area (Å²) in [7, 11) is 2.36. The Morgan fingerprint density at radius 1 is 0.804 bits per heavy atom. The van der Waals surface area contributed by atoms with E-state index in [1.807, 2.05) is 0 Å². The monoisotopic (exact) mass is 765 g/mol. The molecule has 0 radical (unpaired) electrons. The summed E-state index contributed by atoms with van der Waals surface area (Å²) in [5.41, 5.74) is -4.43. The predicted octanol–water partition coefficient (Wildman–Crippen LogP) is 0.481. The molecule has 3 N–H and O–H groups in total. The Balaban J connectivity index is 1.39. The van der Waals surface area contributed by atoms with E-state index in [0.717, 1.165) is 22.6 Å². The molecule has 2 heterocycles. The molecule has 1 fully saturated rings. The van der Waals surface area contributed by atoms with Gasteiger partial charge in [-0.15, -0.1) is 0 Å². The summed E-state index contributed by atoms with van der Waals surface area (Å²) in [5.74, 6) is -4.57. The largest absolute Gasteiger partial charge is 0.506 e. The lowest BCUT2D eigenvalue weighted by Gasteiger charge is -2.37. The summed E-state index contributed by atoms with van der Waals surface area (Å²) in [6.45, 7) is 1.41. The smallest absolute Gasteiger partial charge is 0.330 e. The van der Waals surface area contributed by atoms with Gasteiger partial charge in [-0.25, -0.2) is 4.79 Å². The summed E-state index contributed by atoms with van der Waals surface area (Å²) < 4.78 is 16.1. The van der Waals surface area contributed by atoms with Gasteiger partial charge in [0.25, 0.3) is 5.56 Å². The molecule has 1 saturated heterocycles. The standard InChI is InChI=1S/C39H31N3O14/c1-15-12-20-28(38(52)41(15)14-23(44)42-13-21(40-37(51)16(42)2)39(53)56-11-10-24(45)54-3)34(49)26-18(31(20)46)8-9-19-27(26)35(50)29-30(36(19)55-4)33(48)25-17(32(29)47)6-5-7-22(25)43/h5-9,12,16,21,47-48H,10-11,13-14H2,1-4H3,(H,40,51). The van der Waals surface area contributed by atoms with Crippen LogP contribution in [0.15, 0.2) is 60.4 Å². The van der Waals surface area contributed by atoms with Crippen LogP contribution in [0.3, 0.4) is 0 Å². The maximum atomic E-state index is 14.5. The van der Waals surface area contributed by atoms with Crippen molar-refractivity contribution in [2.45, 2.75) is 38.9 Å². The lowest BCUT2D eigenvalue weighted by atomic mass is 9.92. The minimum Gasteiger partial charge on any atom is -0.506 e. The van der Waals surface area contributed by atoms with Gasteiger partial charge in [0.2, 0.25) is 17.2 Å². The Bertz CT molecular complexity index is 3050. The number of fused-ring (bicyclic) bond motifs is 6. The fourth-order valence-electron chi connectivity index (χ4n) is 7.42. The van der Waals surface area contributed by atoms with Crippen molar-refractivity contribution in [2.75, 3.05) is 27.4 Å². The van der Waals surface area contributed by atoms with Crippen molar-refractivity contribution in [3.05, 3.63) is 93.3 Å². The average molecular weight is 766 g/mol. The number of nitrogens with one attached hydrogen (secondary N) is 1. The quantitative estimate of drug-likeness (QED) is 0.0867. The second-order valence-electron chi connectivity index (χ2n) is 13.3. The van der Waals surface area contributed by atoms with Crippen LogP contribution in [0.2, 0.25) is 0 Å². The molecule has 0 saturated carbocycles. The predicted molar refractivity (Wildman–Crippen MR) is 201 cm³/mol. The van der Waals surface area contributed by atoms with Crippen molar-refractivity contribution in [2.24, 2.45) is 0 Å². The highest BCUT2D eigenvalue weighted by Gasteiger charge is 2.38. The number of hydrogen-bond acceptors (Lipinski definition) is 14. The number of pyridine rings is 1. The maximum absolute atomic E-state index is 14.5. The van der Waals surface area contributed by atoms with Crippen molar-refractivity contribution in [3.8, 4) is 17.2 Å². The highest BCUT2D eigenvalue weighted by Crippen LogP contribution is 2.46. The molecule has 17 heteroatoms. The molecule has 0 spiro atoms. The van der Waals surface area contributed by atoms with Crippen LogP contribution in [0.25, 0.3) is 53.9 Å². The number of hydrogen-bond donors (Lipinski definition) is 3. The van der Waals surface area contributed by atoms with Crippen LogP contribution in [0.4, 0.5) is 0 Å². The van der Waals surface area contributed by atoms with Crippen LogP contribution in [0, 0.1) is 6.92 Å². The van der Waals surface area contributed by atoms with Gasteiger partial charge < -0.3 is 39.2 Å². The van der Waals surface area contributed by atoms with Crippen LogP contribution in [-0.4, -0.2) is 82.9 Å². The number of aromatic hydroxyl groups is 2. The summed E-state index contributed by atoms with van der Waals surface area (Å²) in [5, 5.41) is 21.7. The number of esters is 2. The molecule has 7 rings (SSSR count). The zero-order chi connectivity index (χ0) is 40.5. The fourth-order valence-corrected chi connectivity index (χ4v) is 7.42. The molecule has 1 aliphatic rings. The van der Waals surface area contributed by atoms with Gasteiger partial charge >= 0.3 is 11.9 Å². The van der Waals surface area contributed by atoms with Gasteiger partial charge in [-0.05, 0) is 38.1 Å². The zero-order valence-electron chi connectivity index (χ0n) is 30.1. The topological polar surface area (TPSA) is 242 Å². The molecule has 0 aliphatic carbocycles. The van der Waals surface area contributed by atoms with E-state index in [0.29, 0.717) is 0 Å². The molecule has 2 unspecified atom stereocenters. The Labute approximate surface area is 312 Å². The Kier molecular flexibility index (Phi) is 9.02. The molecule has 1 aliphatic heterocycles. The number of aryl methyl sites for hydroxylation is 1. The highest BCUT2D eigenvalue weighted by atomic mass is 16.5. The third-order valence-electron chi connectivity index (χ3n) is 10.2. The minimum absolute atomic E-state index is 0.0656. The molecule has 17 nitrogen and oxygen atoms in total. The second kappa shape index (κ2) is 13.6. The number of phenolic OH excluding ortho intramolecular Hbond substituents is 2. The van der Waals surface area contributed by atoms with E-state index < -0.39 is 103 Å². The van der Waals surface area contributed by atoms with E-state index in [1.165, 1.54) is 51.3 Å². The van der Waals surface area contributed by atoms with E-state index in [-0.39, 0.29) is 63.3 Å². The van der Waals surface area contributed by atoms with Crippen molar-refractivity contribution < 1.29 is 43.6 Å². The molecule has 1 aromatic heterocycles. The Hall–Kier alpha value is -7.17. The number of nitrogens with zero attached hydrogens (tertiary/aromatic N) is 2. The lowest BCUT2D eigenvalue weighted by molar-refractivity contribution is -0.156. The number of rotatable bonds is 7. The highest BCUT2D eigenvalue weighted by molar-refractivity contribution is 6.22. The van der Waals surface area contributed by atoms with Crippen molar-refractivity contribution in [1.82, 2.24) is 14.8 Å². The molecular formula is C39H31N3O14. The first-order chi connectivity index (χ1) is 26.6. The number of piperazine rings is 1. The number of benzene rings is 5. The van der Waals surface area contributed by atoms with Crippen LogP contribution >= 0.6 is 0 Å². The Morgan fingerprint density at radius 2 is 1.48 bits per heavy atom. The number of methoxy groups -OCH3 is 2. The second-order valence-corrected chi connectivity index (χ2v) is 13.3. The van der Waals surface area contributed by atoms with Gasteiger partial charge in [0, 0.05) is 38.0 Å². The number of carbonyl (C=O) groups is 4. The SMILES string of the molecule is COC(=O)CCOC(=O)C1CN(C(=O)Cn2c(C)cc3c(=O)c4ccc5c(OC)c6c(O)c7c(=O)cccc7c(O)c6c(=O)c5c4c(=O)c3c2=O)C(C)C(=O)N1. The zero-order valence-corrected chi connectivity index (χ0v) is 30.1. The summed E-state index contributed by atoms with van der Waals surface area (Å²) >= 11 is 0. The van der Waals surface area contributed by atoms with E-state index in [4.69, 9.17) is 9.47 Å². The average Bonchev–Trinajstić information content (AvgIpc) is 3.17. The molecule has 5 aromatic carbocycles. The molecule has 56 heavy (non-hydrogen) atoms. The molecule has 0 bridgehead atoms. The van der Waals surface area contributed by atoms with Crippen molar-refractivity contribution >= 4 is 77.6 Å². The van der Waals surface area contributed by atoms with Gasteiger partial charge in [0.05, 0.1) is 48.7 Å². The van der Waals surface area contributed by atoms with E-state index in [1.54, 1.807) is 0 Å². The summed E-state index contributed by atoms with van der Waals surface area (Å²) in [6, 6.07) is 5.23. The van der Waals surface area contributed by atoms with Crippen molar-refractivity contribution in [1.29, 1.82) is 0 Å². The van der Waals surface area contributed by atoms with E-state index in [9.17, 15) is 53.4 Å². The Morgan fingerprint density at radius 3 is 2.18 bits per heavy atom. The van der Waals surface area contributed by atoms with Gasteiger partial charge in [0.15, 0.2) is 16.3 Å². The molecule has 286 valence electrons. The lowest BCUT2D eigenvalue weighted by Crippen LogP contribution is -2.63. The first kappa shape index (κ1) is 37.2. The van der Waals surface area contributed by atoms with Crippen LogP contribution in [-0.2, 0) is 35.2 Å². The number of ether oxygens (including phenoxy) is 3. The van der Waals surface area contributed by atoms with E-state index >= 15 is 0 Å². The first-order valence-corrected chi connectivity index (χ1v) is 17.1. The number of amides is 2. The van der Waals surface area contributed by atoms with Crippen LogP contribution in [0.5, 0.6) is 17.2 Å². The summed E-state index contributed by atoms with van der Waals surface area (Å²) in [6.07, 6.45) is -0.239. The van der Waals surface area contributed by atoms with Gasteiger partial charge in [-0.3, -0.25) is 38.4 Å². The summed E-state index contributed by atoms with van der Waals surface area (Å²) in [4.78, 5) is 121. The number of carbonyl (C=O) groups excluding carboxylic acids is 4. The van der Waals surface area contributed by atoms with Gasteiger partial charge in [-0.1, -0.05) is 12.1 Å². The number of aromatic nitrogens is 1. The molecular weight excluding hydrogens is 734 g/mol. The number of phenols is 2. The fraction of sp³-hybridized carbons (Fsp3) is 0.256.